The second kappa shape index (κ2) is 15.9. The van der Waals surface area contributed by atoms with Crippen LogP contribution in [0.15, 0.2) is 67.0 Å². The van der Waals surface area contributed by atoms with Gasteiger partial charge < -0.3 is 20.3 Å². The van der Waals surface area contributed by atoms with Crippen LogP contribution < -0.4 is 30.5 Å². The van der Waals surface area contributed by atoms with Gasteiger partial charge >= 0.3 is 6.03 Å². The molecule has 16 heteroatoms. The number of piperidine rings is 1. The van der Waals surface area contributed by atoms with E-state index in [-0.39, 0.29) is 24.6 Å². The van der Waals surface area contributed by atoms with Crippen LogP contribution in [0, 0.1) is 5.92 Å². The Morgan fingerprint density at radius 2 is 1.81 bits per heavy atom. The molecule has 0 bridgehead atoms. The molecule has 0 spiro atoms. The highest BCUT2D eigenvalue weighted by atomic mass is 35.5. The van der Waals surface area contributed by atoms with Gasteiger partial charge in [0.15, 0.2) is 17.2 Å². The number of nitrogens with zero attached hydrogens (tertiary/aromatic N) is 7. The Kier molecular flexibility index (Phi) is 10.3. The lowest BCUT2D eigenvalue weighted by atomic mass is 9.93. The van der Waals surface area contributed by atoms with Gasteiger partial charge in [0, 0.05) is 69.1 Å². The van der Waals surface area contributed by atoms with E-state index in [4.69, 9.17) is 26.4 Å². The number of urea groups is 1. The molecule has 0 radical (unpaired) electrons. The molecule has 3 N–H and O–H groups in total. The summed E-state index contributed by atoms with van der Waals surface area (Å²) in [7, 11) is 1.81. The number of nitrogens with one attached hydrogen (secondary N) is 3. The number of imidazole rings is 1. The highest BCUT2D eigenvalue weighted by Crippen LogP contribution is 2.40. The van der Waals surface area contributed by atoms with E-state index in [9.17, 15) is 18.8 Å². The Bertz CT molecular complexity index is 2380. The van der Waals surface area contributed by atoms with Crippen molar-refractivity contribution in [2.45, 2.75) is 57.3 Å². The van der Waals surface area contributed by atoms with Crippen LogP contribution in [0.2, 0.25) is 5.02 Å². The summed E-state index contributed by atoms with van der Waals surface area (Å²) in [6.45, 7) is 4.40. The molecule has 58 heavy (non-hydrogen) atoms. The van der Waals surface area contributed by atoms with E-state index < -0.39 is 24.2 Å². The Balaban J connectivity index is 0.799. The maximum atomic E-state index is 13.5. The summed E-state index contributed by atoms with van der Waals surface area (Å²) < 4.78 is 21.2. The molecule has 4 aliphatic rings. The topological polar surface area (TPSA) is 149 Å². The summed E-state index contributed by atoms with van der Waals surface area (Å²) in [5, 5.41) is 13.5. The number of carbonyl (C=O) groups is 3. The third kappa shape index (κ3) is 7.63. The first-order valence-electron chi connectivity index (χ1n) is 19.8. The van der Waals surface area contributed by atoms with Gasteiger partial charge in [-0.3, -0.25) is 29.7 Å². The summed E-state index contributed by atoms with van der Waals surface area (Å²) >= 11 is 6.39. The monoisotopic (exact) mass is 806 g/mol. The van der Waals surface area contributed by atoms with Gasteiger partial charge in [0.2, 0.25) is 5.91 Å². The van der Waals surface area contributed by atoms with Gasteiger partial charge in [0.25, 0.3) is 5.91 Å². The fraction of sp³-hybridized carbons (Fsp3) is 0.381. The van der Waals surface area contributed by atoms with Crippen LogP contribution >= 0.6 is 11.6 Å². The van der Waals surface area contributed by atoms with Crippen LogP contribution in [0.4, 0.5) is 32.1 Å². The molecule has 9 rings (SSSR count). The molecular weight excluding hydrogens is 763 g/mol. The number of hydrogen-bond donors (Lipinski definition) is 3. The van der Waals surface area contributed by atoms with Crippen molar-refractivity contribution < 1.29 is 23.5 Å². The van der Waals surface area contributed by atoms with Gasteiger partial charge in [-0.25, -0.2) is 18.7 Å². The van der Waals surface area contributed by atoms with E-state index >= 15 is 0 Å². The second-order valence-corrected chi connectivity index (χ2v) is 15.8. The predicted molar refractivity (Wildman–Crippen MR) is 219 cm³/mol. The van der Waals surface area contributed by atoms with Gasteiger partial charge in [0.1, 0.15) is 11.9 Å². The average Bonchev–Trinajstić information content (AvgIpc) is 3.55. The van der Waals surface area contributed by atoms with Crippen LogP contribution in [-0.2, 0) is 17.8 Å². The van der Waals surface area contributed by atoms with Crippen LogP contribution in [0.25, 0.3) is 16.9 Å². The van der Waals surface area contributed by atoms with Crippen LogP contribution in [0.1, 0.15) is 53.7 Å². The number of alkyl halides is 1. The standard InChI is InChI=1S/C42H44ClFN10O4/c1-45-34-21-38(50-54-37(23-47-40(34)54)41(56)48-33-20-31(33)44)52-16-11-29-28(3-2-4-35(29)52)32-8-5-26(22-46-32)24-51-14-9-25(10-15-51)13-18-58-27-6-7-30(43)36(19-27)53-17-12-39(55)49-42(53)57/h2-8,19,21-23,25,31,33,45H,9-18,20,24H2,1H3,(H,48,56)(H,49,55,57)/t31-,33+/m0/s1. The van der Waals surface area contributed by atoms with Gasteiger partial charge in [-0.2, -0.15) is 0 Å². The molecule has 1 aliphatic carbocycles. The van der Waals surface area contributed by atoms with Gasteiger partial charge in [0.05, 0.1) is 40.9 Å². The largest absolute Gasteiger partial charge is 0.494 e. The minimum atomic E-state index is -1.00. The number of benzene rings is 2. The number of aromatic nitrogens is 4. The molecule has 2 aromatic carbocycles. The lowest BCUT2D eigenvalue weighted by molar-refractivity contribution is -0.120. The van der Waals surface area contributed by atoms with Gasteiger partial charge in [-0.1, -0.05) is 29.8 Å². The number of ether oxygens (including phenoxy) is 1. The third-order valence-electron chi connectivity index (χ3n) is 11.6. The Hall–Kier alpha value is -5.80. The number of hydrogen-bond acceptors (Lipinski definition) is 10. The molecule has 6 heterocycles. The highest BCUT2D eigenvalue weighted by Gasteiger charge is 2.39. The minimum absolute atomic E-state index is 0.227. The van der Waals surface area contributed by atoms with Gasteiger partial charge in [-0.15, -0.1) is 5.10 Å². The summed E-state index contributed by atoms with van der Waals surface area (Å²) in [6.07, 6.45) is 6.94. The number of amides is 4. The first-order valence-corrected chi connectivity index (χ1v) is 20.2. The average molecular weight is 807 g/mol. The molecule has 3 aliphatic heterocycles. The SMILES string of the molecule is CNc1cc(N2CCc3c(-c4ccc(CN5CCC(CCOc6ccc(Cl)c(N7CCC(=O)NC7=O)c6)CC5)cn4)cccc32)nn2c(C(=O)N[C@@H]3C[C@@H]3F)cnc12. The molecule has 5 aromatic rings. The number of fused-ring (bicyclic) bond motifs is 2. The number of imide groups is 1. The zero-order valence-electron chi connectivity index (χ0n) is 32.1. The summed E-state index contributed by atoms with van der Waals surface area (Å²) in [5.74, 6) is 1.20. The Morgan fingerprint density at radius 3 is 2.57 bits per heavy atom. The van der Waals surface area contributed by atoms with Gasteiger partial charge in [-0.05, 0) is 80.1 Å². The maximum Gasteiger partial charge on any atom is 0.328 e. The number of likely N-dealkylation sites (tertiary alicyclic amines) is 1. The molecule has 1 saturated carbocycles. The molecule has 4 amide bonds. The van der Waals surface area contributed by atoms with E-state index in [0.29, 0.717) is 53.4 Å². The second-order valence-electron chi connectivity index (χ2n) is 15.4. The molecular formula is C42H44ClFN10O4. The Morgan fingerprint density at radius 1 is 0.983 bits per heavy atom. The molecule has 300 valence electrons. The van der Waals surface area contributed by atoms with Crippen molar-refractivity contribution in [3.05, 3.63) is 88.8 Å². The Labute approximate surface area is 339 Å². The molecule has 3 aromatic heterocycles. The van der Waals surface area contributed by atoms with Crippen molar-refractivity contribution in [3.63, 3.8) is 0 Å². The fourth-order valence-corrected chi connectivity index (χ4v) is 8.41. The zero-order chi connectivity index (χ0) is 39.9. The van der Waals surface area contributed by atoms with E-state index in [0.717, 1.165) is 67.9 Å². The smallest absolute Gasteiger partial charge is 0.328 e. The van der Waals surface area contributed by atoms with E-state index in [1.54, 1.807) is 12.1 Å². The highest BCUT2D eigenvalue weighted by molar-refractivity contribution is 6.34. The summed E-state index contributed by atoms with van der Waals surface area (Å²) in [4.78, 5) is 52.4. The quantitative estimate of drug-likeness (QED) is 0.134. The summed E-state index contributed by atoms with van der Waals surface area (Å²) in [5.41, 5.74) is 7.46. The number of carbonyl (C=O) groups excluding carboxylic acids is 3. The van der Waals surface area contributed by atoms with E-state index in [1.165, 1.54) is 26.7 Å². The van der Waals surface area contributed by atoms with Crippen LogP contribution in [0.3, 0.4) is 0 Å². The number of rotatable bonds is 12. The zero-order valence-corrected chi connectivity index (χ0v) is 32.8. The van der Waals surface area contributed by atoms with Crippen molar-refractivity contribution in [1.29, 1.82) is 0 Å². The lowest BCUT2D eigenvalue weighted by Gasteiger charge is -2.32. The van der Waals surface area contributed by atoms with Crippen molar-refractivity contribution in [2.75, 3.05) is 55.0 Å². The van der Waals surface area contributed by atoms with Crippen molar-refractivity contribution in [2.24, 2.45) is 5.92 Å². The molecule has 3 fully saturated rings. The first kappa shape index (κ1) is 37.8. The predicted octanol–water partition coefficient (Wildman–Crippen LogP) is 6.15. The minimum Gasteiger partial charge on any atom is -0.494 e. The lowest BCUT2D eigenvalue weighted by Crippen LogP contribution is -2.49. The van der Waals surface area contributed by atoms with Crippen molar-refractivity contribution in [3.8, 4) is 17.0 Å². The van der Waals surface area contributed by atoms with E-state index in [1.807, 2.05) is 31.4 Å². The summed E-state index contributed by atoms with van der Waals surface area (Å²) in [6, 6.07) is 16.8. The van der Waals surface area contributed by atoms with Crippen LogP contribution in [0.5, 0.6) is 5.75 Å². The molecule has 2 saturated heterocycles. The van der Waals surface area contributed by atoms with Crippen molar-refractivity contribution >= 4 is 58.0 Å². The van der Waals surface area contributed by atoms with Crippen molar-refractivity contribution in [1.82, 2.24) is 35.1 Å². The number of anilines is 4. The number of pyridine rings is 1. The molecule has 2 atom stereocenters. The first-order chi connectivity index (χ1) is 28.2. The molecule has 0 unspecified atom stereocenters. The van der Waals surface area contributed by atoms with Crippen LogP contribution in [-0.4, -0.2) is 94.4 Å². The normalized spacial score (nSPS) is 19.6. The van der Waals surface area contributed by atoms with E-state index in [2.05, 4.69) is 55.0 Å². The number of halogens is 2. The maximum absolute atomic E-state index is 13.5. The molecule has 14 nitrogen and oxygen atoms in total. The third-order valence-corrected chi connectivity index (χ3v) is 11.9. The fourth-order valence-electron chi connectivity index (χ4n) is 8.19.